The van der Waals surface area contributed by atoms with Gasteiger partial charge in [-0.25, -0.2) is 0 Å². The first-order chi connectivity index (χ1) is 13.8. The molecule has 2 aliphatic rings. The van der Waals surface area contributed by atoms with Gasteiger partial charge in [0.25, 0.3) is 0 Å². The zero-order valence-corrected chi connectivity index (χ0v) is 19.7. The van der Waals surface area contributed by atoms with Gasteiger partial charge in [-0.05, 0) is 37.7 Å². The number of halogens is 1. The predicted molar refractivity (Wildman–Crippen MR) is 128 cm³/mol. The van der Waals surface area contributed by atoms with Crippen molar-refractivity contribution in [1.82, 2.24) is 16.0 Å². The number of ether oxygens (including phenoxy) is 1. The van der Waals surface area contributed by atoms with E-state index < -0.39 is 0 Å². The Balaban J connectivity index is 0.00000300. The van der Waals surface area contributed by atoms with Crippen molar-refractivity contribution in [2.24, 2.45) is 16.8 Å². The first-order valence-corrected chi connectivity index (χ1v) is 10.7. The zero-order chi connectivity index (χ0) is 19.6. The quantitative estimate of drug-likeness (QED) is 0.204. The zero-order valence-electron chi connectivity index (χ0n) is 17.4. The first-order valence-electron chi connectivity index (χ1n) is 10.7. The van der Waals surface area contributed by atoms with E-state index in [1.807, 2.05) is 18.2 Å². The van der Waals surface area contributed by atoms with Crippen molar-refractivity contribution in [3.63, 3.8) is 0 Å². The molecule has 0 aromatic heterocycles. The van der Waals surface area contributed by atoms with Crippen LogP contribution in [-0.2, 0) is 11.3 Å². The fourth-order valence-electron chi connectivity index (χ4n) is 3.56. The van der Waals surface area contributed by atoms with Crippen molar-refractivity contribution in [1.29, 1.82) is 0 Å². The summed E-state index contributed by atoms with van der Waals surface area (Å²) in [5.41, 5.74) is 1.12. The highest BCUT2D eigenvalue weighted by atomic mass is 127. The Bertz CT molecular complexity index is 658. The molecule has 0 unspecified atom stereocenters. The van der Waals surface area contributed by atoms with Gasteiger partial charge >= 0.3 is 0 Å². The van der Waals surface area contributed by atoms with Crippen LogP contribution >= 0.6 is 24.0 Å². The van der Waals surface area contributed by atoms with Crippen molar-refractivity contribution in [2.45, 2.75) is 51.5 Å². The molecular weight excluding hydrogens is 479 g/mol. The molecule has 6 nitrogen and oxygen atoms in total. The van der Waals surface area contributed by atoms with Crippen LogP contribution in [0.2, 0.25) is 0 Å². The normalized spacial score (nSPS) is 17.2. The number of nitrogens with zero attached hydrogens (tertiary/aromatic N) is 1. The summed E-state index contributed by atoms with van der Waals surface area (Å²) in [6, 6.07) is 8.13. The maximum absolute atomic E-state index is 12.2. The first kappa shape index (κ1) is 23.8. The van der Waals surface area contributed by atoms with E-state index in [2.05, 4.69) is 27.0 Å². The average Bonchev–Trinajstić information content (AvgIpc) is 3.57. The second kappa shape index (κ2) is 12.9. The highest BCUT2D eigenvalue weighted by molar-refractivity contribution is 14.0. The van der Waals surface area contributed by atoms with Crippen LogP contribution in [0.4, 0.5) is 0 Å². The fourth-order valence-corrected chi connectivity index (χ4v) is 3.56. The molecule has 162 valence electrons. The number of amides is 1. The number of benzene rings is 1. The van der Waals surface area contributed by atoms with Gasteiger partial charge in [0.1, 0.15) is 5.75 Å². The Hall–Kier alpha value is -1.51. The number of nitrogens with one attached hydrogen (secondary N) is 3. The standard InChI is InChI=1S/C22H34N4O2.HI/c1-23-22(25-14-13-24-21(27)18-7-3-2-4-8-18)26-15-19-9-5-6-10-20(19)28-16-17-11-12-17;/h5-6,9-10,17-18H,2-4,7-8,11-16H2,1H3,(H,24,27)(H2,23,25,26);1H. The van der Waals surface area contributed by atoms with Crippen molar-refractivity contribution in [2.75, 3.05) is 26.7 Å². The van der Waals surface area contributed by atoms with Gasteiger partial charge < -0.3 is 20.7 Å². The molecule has 3 rings (SSSR count). The maximum Gasteiger partial charge on any atom is 0.223 e. The smallest absolute Gasteiger partial charge is 0.223 e. The predicted octanol–water partition coefficient (Wildman–Crippen LogP) is 3.45. The molecule has 0 heterocycles. The summed E-state index contributed by atoms with van der Waals surface area (Å²) in [7, 11) is 1.76. The van der Waals surface area contributed by atoms with Crippen molar-refractivity contribution >= 4 is 35.8 Å². The molecule has 0 saturated heterocycles. The van der Waals surface area contributed by atoms with E-state index in [-0.39, 0.29) is 35.8 Å². The van der Waals surface area contributed by atoms with Gasteiger partial charge in [0.05, 0.1) is 6.61 Å². The largest absolute Gasteiger partial charge is 0.493 e. The summed E-state index contributed by atoms with van der Waals surface area (Å²) in [6.45, 7) is 2.72. The third kappa shape index (κ3) is 8.40. The molecule has 0 bridgehead atoms. The molecule has 0 aliphatic heterocycles. The number of para-hydroxylation sites is 1. The molecule has 0 atom stereocenters. The van der Waals surface area contributed by atoms with Gasteiger partial charge in [-0.1, -0.05) is 37.5 Å². The molecule has 0 spiro atoms. The number of carbonyl (C=O) groups is 1. The molecule has 29 heavy (non-hydrogen) atoms. The number of aliphatic imine (C=N–C) groups is 1. The fraction of sp³-hybridized carbons (Fsp3) is 0.636. The summed E-state index contributed by atoms with van der Waals surface area (Å²) in [6.07, 6.45) is 8.26. The monoisotopic (exact) mass is 514 g/mol. The number of guanidine groups is 1. The second-order valence-corrected chi connectivity index (χ2v) is 7.84. The highest BCUT2D eigenvalue weighted by Gasteiger charge is 2.22. The minimum Gasteiger partial charge on any atom is -0.493 e. The van der Waals surface area contributed by atoms with E-state index in [0.29, 0.717) is 19.6 Å². The molecule has 2 aliphatic carbocycles. The van der Waals surface area contributed by atoms with Gasteiger partial charge in [0.2, 0.25) is 5.91 Å². The molecule has 3 N–H and O–H groups in total. The number of carbonyl (C=O) groups excluding carboxylic acids is 1. The number of rotatable bonds is 9. The SMILES string of the molecule is CN=C(NCCNC(=O)C1CCCCC1)NCc1ccccc1OCC1CC1.I. The minimum absolute atomic E-state index is 0. The summed E-state index contributed by atoms with van der Waals surface area (Å²) in [4.78, 5) is 16.4. The van der Waals surface area contributed by atoms with Crippen molar-refractivity contribution < 1.29 is 9.53 Å². The highest BCUT2D eigenvalue weighted by Crippen LogP contribution is 2.30. The van der Waals surface area contributed by atoms with E-state index in [1.54, 1.807) is 7.05 Å². The Morgan fingerprint density at radius 2 is 1.76 bits per heavy atom. The Kier molecular flexibility index (Phi) is 10.6. The van der Waals surface area contributed by atoms with Crippen molar-refractivity contribution in [3.8, 4) is 5.75 Å². The van der Waals surface area contributed by atoms with Crippen molar-refractivity contribution in [3.05, 3.63) is 29.8 Å². The molecule has 1 amide bonds. The molecule has 0 radical (unpaired) electrons. The maximum atomic E-state index is 12.2. The summed E-state index contributed by atoms with van der Waals surface area (Å²) in [5.74, 6) is 2.81. The lowest BCUT2D eigenvalue weighted by Crippen LogP contribution is -2.42. The van der Waals surface area contributed by atoms with Crippen LogP contribution in [0.1, 0.15) is 50.5 Å². The van der Waals surface area contributed by atoms with Gasteiger partial charge in [-0.2, -0.15) is 0 Å². The summed E-state index contributed by atoms with van der Waals surface area (Å²) in [5, 5.41) is 9.63. The lowest BCUT2D eigenvalue weighted by Gasteiger charge is -2.21. The molecular formula is C22H35IN4O2. The third-order valence-corrected chi connectivity index (χ3v) is 5.51. The van der Waals surface area contributed by atoms with Crippen LogP contribution in [0.3, 0.4) is 0 Å². The molecule has 2 saturated carbocycles. The van der Waals surface area contributed by atoms with Crippen LogP contribution in [0.25, 0.3) is 0 Å². The lowest BCUT2D eigenvalue weighted by molar-refractivity contribution is -0.125. The Labute approximate surface area is 191 Å². The van der Waals surface area contributed by atoms with Gasteiger partial charge in [-0.3, -0.25) is 9.79 Å². The topological polar surface area (TPSA) is 74.8 Å². The van der Waals surface area contributed by atoms with Gasteiger partial charge in [0, 0.05) is 38.2 Å². The molecule has 1 aromatic rings. The lowest BCUT2D eigenvalue weighted by atomic mass is 9.89. The van der Waals surface area contributed by atoms with E-state index in [1.165, 1.54) is 32.1 Å². The third-order valence-electron chi connectivity index (χ3n) is 5.51. The van der Waals surface area contributed by atoms with Crippen LogP contribution in [-0.4, -0.2) is 38.6 Å². The summed E-state index contributed by atoms with van der Waals surface area (Å²) < 4.78 is 5.96. The van der Waals surface area contributed by atoms with E-state index >= 15 is 0 Å². The number of hydrogen-bond acceptors (Lipinski definition) is 3. The van der Waals surface area contributed by atoms with Crippen LogP contribution in [0.5, 0.6) is 5.75 Å². The van der Waals surface area contributed by atoms with Crippen LogP contribution in [0.15, 0.2) is 29.3 Å². The average molecular weight is 514 g/mol. The van der Waals surface area contributed by atoms with E-state index in [4.69, 9.17) is 4.74 Å². The second-order valence-electron chi connectivity index (χ2n) is 7.84. The van der Waals surface area contributed by atoms with Gasteiger partial charge in [-0.15, -0.1) is 24.0 Å². The Morgan fingerprint density at radius 1 is 1.03 bits per heavy atom. The van der Waals surface area contributed by atoms with Crippen LogP contribution < -0.4 is 20.7 Å². The van der Waals surface area contributed by atoms with Crippen LogP contribution in [0, 0.1) is 11.8 Å². The summed E-state index contributed by atoms with van der Waals surface area (Å²) >= 11 is 0. The number of hydrogen-bond donors (Lipinski definition) is 3. The van der Waals surface area contributed by atoms with E-state index in [0.717, 1.165) is 42.6 Å². The van der Waals surface area contributed by atoms with E-state index in [9.17, 15) is 4.79 Å². The van der Waals surface area contributed by atoms with Gasteiger partial charge in [0.15, 0.2) is 5.96 Å². The minimum atomic E-state index is 0. The Morgan fingerprint density at radius 3 is 2.48 bits per heavy atom. The molecule has 1 aromatic carbocycles. The molecule has 2 fully saturated rings. The molecule has 7 heteroatoms.